The zero-order valence-electron chi connectivity index (χ0n) is 10.6. The van der Waals surface area contributed by atoms with Gasteiger partial charge in [-0.05, 0) is 32.9 Å². The Labute approximate surface area is 110 Å². The summed E-state index contributed by atoms with van der Waals surface area (Å²) in [4.78, 5) is 10.8. The average Bonchev–Trinajstić information content (AvgIpc) is 2.76. The molecule has 2 aromatic rings. The summed E-state index contributed by atoms with van der Waals surface area (Å²) in [6.45, 7) is 5.95. The lowest BCUT2D eigenvalue weighted by Crippen LogP contribution is -2.09. The first-order valence-corrected chi connectivity index (χ1v) is 6.48. The van der Waals surface area contributed by atoms with Gasteiger partial charge < -0.3 is 5.32 Å². The quantitative estimate of drug-likeness (QED) is 0.918. The fourth-order valence-electron chi connectivity index (χ4n) is 1.62. The van der Waals surface area contributed by atoms with E-state index in [0.29, 0.717) is 17.2 Å². The standard InChI is InChI=1S/C13H14N4S/c1-8-4-5-12(18-8)9(2)16-13-11(6-14)7-15-10(3)17-13/h4-5,7,9H,1-3H3,(H,15,16,17). The largest absolute Gasteiger partial charge is 0.362 e. The fraction of sp³-hybridized carbons (Fsp3) is 0.308. The first-order valence-electron chi connectivity index (χ1n) is 5.66. The molecular weight excluding hydrogens is 244 g/mol. The zero-order chi connectivity index (χ0) is 13.1. The van der Waals surface area contributed by atoms with Crippen molar-refractivity contribution in [3.63, 3.8) is 0 Å². The molecule has 92 valence electrons. The minimum absolute atomic E-state index is 0.130. The predicted octanol–water partition coefficient (Wildman–Crippen LogP) is 3.20. The molecule has 0 aliphatic heterocycles. The number of nitrogens with zero attached hydrogens (tertiary/aromatic N) is 3. The maximum atomic E-state index is 9.03. The molecule has 5 heteroatoms. The summed E-state index contributed by atoms with van der Waals surface area (Å²) in [7, 11) is 0. The molecule has 0 saturated heterocycles. The number of nitriles is 1. The first-order chi connectivity index (χ1) is 8.60. The Morgan fingerprint density at radius 1 is 1.39 bits per heavy atom. The van der Waals surface area contributed by atoms with Gasteiger partial charge in [-0.15, -0.1) is 11.3 Å². The van der Waals surface area contributed by atoms with Crippen molar-refractivity contribution in [2.24, 2.45) is 0 Å². The fourth-order valence-corrected chi connectivity index (χ4v) is 2.50. The van der Waals surface area contributed by atoms with Gasteiger partial charge in [-0.1, -0.05) is 0 Å². The van der Waals surface area contributed by atoms with E-state index in [1.165, 1.54) is 9.75 Å². The minimum atomic E-state index is 0.130. The molecular formula is C13H14N4S. The average molecular weight is 258 g/mol. The molecule has 0 aliphatic carbocycles. The van der Waals surface area contributed by atoms with Crippen molar-refractivity contribution in [1.82, 2.24) is 9.97 Å². The van der Waals surface area contributed by atoms with Gasteiger partial charge in [0.05, 0.1) is 12.2 Å². The van der Waals surface area contributed by atoms with Crippen molar-refractivity contribution in [3.8, 4) is 6.07 Å². The Morgan fingerprint density at radius 3 is 2.78 bits per heavy atom. The second-order valence-electron chi connectivity index (χ2n) is 4.11. The van der Waals surface area contributed by atoms with Crippen LogP contribution in [0.4, 0.5) is 5.82 Å². The monoisotopic (exact) mass is 258 g/mol. The number of hydrogen-bond donors (Lipinski definition) is 1. The molecule has 4 nitrogen and oxygen atoms in total. The van der Waals surface area contributed by atoms with E-state index in [1.807, 2.05) is 6.92 Å². The van der Waals surface area contributed by atoms with Crippen LogP contribution in [0.3, 0.4) is 0 Å². The summed E-state index contributed by atoms with van der Waals surface area (Å²) in [6.07, 6.45) is 1.55. The lowest BCUT2D eigenvalue weighted by Gasteiger charge is -2.13. The van der Waals surface area contributed by atoms with Crippen molar-refractivity contribution in [3.05, 3.63) is 39.5 Å². The van der Waals surface area contributed by atoms with Gasteiger partial charge in [0.25, 0.3) is 0 Å². The third-order valence-electron chi connectivity index (χ3n) is 2.57. The third-order valence-corrected chi connectivity index (χ3v) is 3.75. The molecule has 0 bridgehead atoms. The molecule has 0 amide bonds. The minimum Gasteiger partial charge on any atom is -0.362 e. The molecule has 2 aromatic heterocycles. The molecule has 1 unspecified atom stereocenters. The van der Waals surface area contributed by atoms with Crippen LogP contribution in [0.2, 0.25) is 0 Å². The van der Waals surface area contributed by atoms with Gasteiger partial charge in [0.15, 0.2) is 0 Å². The van der Waals surface area contributed by atoms with Crippen molar-refractivity contribution in [2.45, 2.75) is 26.8 Å². The van der Waals surface area contributed by atoms with Gasteiger partial charge in [-0.25, -0.2) is 9.97 Å². The lowest BCUT2D eigenvalue weighted by molar-refractivity contribution is 0.884. The van der Waals surface area contributed by atoms with E-state index in [4.69, 9.17) is 5.26 Å². The van der Waals surface area contributed by atoms with Crippen LogP contribution in [0.1, 0.15) is 34.1 Å². The Morgan fingerprint density at radius 2 is 2.17 bits per heavy atom. The lowest BCUT2D eigenvalue weighted by atomic mass is 10.2. The van der Waals surface area contributed by atoms with E-state index in [0.717, 1.165) is 0 Å². The number of aromatic nitrogens is 2. The van der Waals surface area contributed by atoms with Crippen LogP contribution in [0.15, 0.2) is 18.3 Å². The SMILES string of the molecule is Cc1ncc(C#N)c(NC(C)c2ccc(C)s2)n1. The molecule has 18 heavy (non-hydrogen) atoms. The first kappa shape index (κ1) is 12.5. The number of nitrogens with one attached hydrogen (secondary N) is 1. The Kier molecular flexibility index (Phi) is 3.58. The molecule has 0 fully saturated rings. The molecule has 1 atom stereocenters. The maximum Gasteiger partial charge on any atom is 0.148 e. The molecule has 0 aromatic carbocycles. The second kappa shape index (κ2) is 5.15. The third kappa shape index (κ3) is 2.66. The number of anilines is 1. The van der Waals surface area contributed by atoms with E-state index in [1.54, 1.807) is 17.5 Å². The van der Waals surface area contributed by atoms with Crippen molar-refractivity contribution in [1.29, 1.82) is 5.26 Å². The molecule has 1 N–H and O–H groups in total. The van der Waals surface area contributed by atoms with Crippen molar-refractivity contribution in [2.75, 3.05) is 5.32 Å². The topological polar surface area (TPSA) is 61.6 Å². The summed E-state index contributed by atoms with van der Waals surface area (Å²) in [5.74, 6) is 1.26. The summed E-state index contributed by atoms with van der Waals surface area (Å²) in [6, 6.07) is 6.42. The molecule has 0 saturated carbocycles. The number of aryl methyl sites for hydroxylation is 2. The van der Waals surface area contributed by atoms with Gasteiger partial charge in [-0.3, -0.25) is 0 Å². The highest BCUT2D eigenvalue weighted by Crippen LogP contribution is 2.26. The smallest absolute Gasteiger partial charge is 0.148 e. The van der Waals surface area contributed by atoms with E-state index in [2.05, 4.69) is 47.3 Å². The number of thiophene rings is 1. The predicted molar refractivity (Wildman–Crippen MR) is 72.6 cm³/mol. The maximum absolute atomic E-state index is 9.03. The Hall–Kier alpha value is -1.93. The zero-order valence-corrected chi connectivity index (χ0v) is 11.4. The summed E-state index contributed by atoms with van der Waals surface area (Å²) in [5.41, 5.74) is 0.473. The van der Waals surface area contributed by atoms with Gasteiger partial charge in [0, 0.05) is 9.75 Å². The van der Waals surface area contributed by atoms with Crippen LogP contribution >= 0.6 is 11.3 Å². The summed E-state index contributed by atoms with van der Waals surface area (Å²) < 4.78 is 0. The molecule has 0 radical (unpaired) electrons. The summed E-state index contributed by atoms with van der Waals surface area (Å²) >= 11 is 1.74. The highest BCUT2D eigenvalue weighted by Gasteiger charge is 2.11. The highest BCUT2D eigenvalue weighted by molar-refractivity contribution is 7.12. The molecule has 0 spiro atoms. The molecule has 2 heterocycles. The van der Waals surface area contributed by atoms with Crippen LogP contribution < -0.4 is 5.32 Å². The number of hydrogen-bond acceptors (Lipinski definition) is 5. The molecule has 0 aliphatic rings. The van der Waals surface area contributed by atoms with Crippen molar-refractivity contribution >= 4 is 17.2 Å². The van der Waals surface area contributed by atoms with Crippen molar-refractivity contribution < 1.29 is 0 Å². The van der Waals surface area contributed by atoms with Crippen LogP contribution in [0, 0.1) is 25.2 Å². The van der Waals surface area contributed by atoms with Gasteiger partial charge in [0.1, 0.15) is 23.3 Å². The molecule has 2 rings (SSSR count). The summed E-state index contributed by atoms with van der Waals surface area (Å²) in [5, 5.41) is 12.3. The Bertz CT molecular complexity index is 597. The number of rotatable bonds is 3. The van der Waals surface area contributed by atoms with Crippen LogP contribution in [0.5, 0.6) is 0 Å². The van der Waals surface area contributed by atoms with Crippen LogP contribution in [-0.4, -0.2) is 9.97 Å². The van der Waals surface area contributed by atoms with E-state index >= 15 is 0 Å². The van der Waals surface area contributed by atoms with Gasteiger partial charge in [0.2, 0.25) is 0 Å². The second-order valence-corrected chi connectivity index (χ2v) is 5.43. The van der Waals surface area contributed by atoms with Crippen LogP contribution in [0.25, 0.3) is 0 Å². The van der Waals surface area contributed by atoms with Gasteiger partial charge in [-0.2, -0.15) is 5.26 Å². The van der Waals surface area contributed by atoms with Crippen LogP contribution in [-0.2, 0) is 0 Å². The van der Waals surface area contributed by atoms with Gasteiger partial charge >= 0.3 is 0 Å². The Balaban J connectivity index is 2.24. The van der Waals surface area contributed by atoms with E-state index in [9.17, 15) is 0 Å². The van der Waals surface area contributed by atoms with E-state index < -0.39 is 0 Å². The normalized spacial score (nSPS) is 11.9. The highest BCUT2D eigenvalue weighted by atomic mass is 32.1. The van der Waals surface area contributed by atoms with E-state index in [-0.39, 0.29) is 6.04 Å².